The van der Waals surface area contributed by atoms with Crippen LogP contribution in [0.4, 0.5) is 0 Å². The summed E-state index contributed by atoms with van der Waals surface area (Å²) in [4.78, 5) is 23.0. The van der Waals surface area contributed by atoms with Crippen LogP contribution in [-0.4, -0.2) is 23.7 Å². The largest absolute Gasteiger partial charge is 0.489 e. The van der Waals surface area contributed by atoms with E-state index in [4.69, 9.17) is 14.6 Å². The van der Waals surface area contributed by atoms with Crippen LogP contribution in [0.2, 0.25) is 0 Å². The third-order valence-electron chi connectivity index (χ3n) is 3.32. The molecule has 120 valence electrons. The molecular formula is C18H18O5. The Morgan fingerprint density at radius 3 is 2.43 bits per heavy atom. The zero-order valence-electron chi connectivity index (χ0n) is 13.0. The molecule has 0 spiro atoms. The molecule has 0 atom stereocenters. The summed E-state index contributed by atoms with van der Waals surface area (Å²) in [7, 11) is 0. The molecule has 2 aromatic carbocycles. The molecule has 0 aromatic heterocycles. The minimum absolute atomic E-state index is 0.0182. The second-order valence-electron chi connectivity index (χ2n) is 4.99. The summed E-state index contributed by atoms with van der Waals surface area (Å²) >= 11 is 0. The standard InChI is InChI=1S/C18H18O5/c1-3-22-18(21)15-8-14(17(19)20)9-16(10-15)23-11-13-7-5-4-6-12(13)2/h4-10H,3,11H2,1-2H3,(H,19,20). The number of rotatable bonds is 6. The van der Waals surface area contributed by atoms with Crippen LogP contribution in [0.25, 0.3) is 0 Å². The normalized spacial score (nSPS) is 10.2. The number of carboxylic acids is 1. The molecule has 5 nitrogen and oxygen atoms in total. The third kappa shape index (κ3) is 4.32. The van der Waals surface area contributed by atoms with E-state index in [1.54, 1.807) is 6.92 Å². The lowest BCUT2D eigenvalue weighted by molar-refractivity contribution is 0.0526. The fourth-order valence-electron chi connectivity index (χ4n) is 2.07. The fourth-order valence-corrected chi connectivity index (χ4v) is 2.07. The highest BCUT2D eigenvalue weighted by atomic mass is 16.5. The molecule has 0 aliphatic carbocycles. The second-order valence-corrected chi connectivity index (χ2v) is 4.99. The Balaban J connectivity index is 2.25. The SMILES string of the molecule is CCOC(=O)c1cc(OCc2ccccc2C)cc(C(=O)O)c1. The molecule has 0 aliphatic heterocycles. The van der Waals surface area contributed by atoms with Crippen molar-refractivity contribution in [2.45, 2.75) is 20.5 Å². The van der Waals surface area contributed by atoms with Crippen LogP contribution in [0, 0.1) is 6.92 Å². The predicted molar refractivity (Wildman–Crippen MR) is 84.9 cm³/mol. The molecule has 0 bridgehead atoms. The van der Waals surface area contributed by atoms with E-state index in [0.717, 1.165) is 11.1 Å². The number of carbonyl (C=O) groups excluding carboxylic acids is 1. The van der Waals surface area contributed by atoms with Crippen LogP contribution in [0.1, 0.15) is 38.8 Å². The van der Waals surface area contributed by atoms with Crippen molar-refractivity contribution in [3.63, 3.8) is 0 Å². The first-order valence-corrected chi connectivity index (χ1v) is 7.24. The number of hydrogen-bond donors (Lipinski definition) is 1. The van der Waals surface area contributed by atoms with Crippen molar-refractivity contribution in [1.29, 1.82) is 0 Å². The molecule has 23 heavy (non-hydrogen) atoms. The van der Waals surface area contributed by atoms with E-state index in [1.165, 1.54) is 18.2 Å². The first-order valence-electron chi connectivity index (χ1n) is 7.24. The van der Waals surface area contributed by atoms with Crippen molar-refractivity contribution >= 4 is 11.9 Å². The van der Waals surface area contributed by atoms with Gasteiger partial charge in [-0.25, -0.2) is 9.59 Å². The highest BCUT2D eigenvalue weighted by Gasteiger charge is 2.14. The zero-order valence-corrected chi connectivity index (χ0v) is 13.0. The summed E-state index contributed by atoms with van der Waals surface area (Å²) in [5.41, 5.74) is 2.21. The van der Waals surface area contributed by atoms with E-state index in [1.807, 2.05) is 31.2 Å². The van der Waals surface area contributed by atoms with Gasteiger partial charge >= 0.3 is 11.9 Å². The van der Waals surface area contributed by atoms with Crippen molar-refractivity contribution in [1.82, 2.24) is 0 Å². The molecule has 2 rings (SSSR count). The van der Waals surface area contributed by atoms with Crippen LogP contribution in [0.3, 0.4) is 0 Å². The average Bonchev–Trinajstić information content (AvgIpc) is 2.54. The van der Waals surface area contributed by atoms with Gasteiger partial charge in [0, 0.05) is 0 Å². The molecule has 0 heterocycles. The van der Waals surface area contributed by atoms with Crippen LogP contribution in [0.5, 0.6) is 5.75 Å². The van der Waals surface area contributed by atoms with Gasteiger partial charge in [-0.1, -0.05) is 24.3 Å². The lowest BCUT2D eigenvalue weighted by Crippen LogP contribution is -2.08. The molecule has 0 saturated carbocycles. The molecule has 0 radical (unpaired) electrons. The zero-order chi connectivity index (χ0) is 16.8. The van der Waals surface area contributed by atoms with E-state index in [9.17, 15) is 9.59 Å². The van der Waals surface area contributed by atoms with Gasteiger partial charge in [0.25, 0.3) is 0 Å². The van der Waals surface area contributed by atoms with E-state index in [-0.39, 0.29) is 24.3 Å². The minimum atomic E-state index is -1.13. The Morgan fingerprint density at radius 2 is 1.78 bits per heavy atom. The summed E-state index contributed by atoms with van der Waals surface area (Å²) in [5, 5.41) is 9.17. The van der Waals surface area contributed by atoms with E-state index < -0.39 is 11.9 Å². The number of carboxylic acid groups (broad SMARTS) is 1. The maximum absolute atomic E-state index is 11.8. The minimum Gasteiger partial charge on any atom is -0.489 e. The lowest BCUT2D eigenvalue weighted by Gasteiger charge is -2.11. The summed E-state index contributed by atoms with van der Waals surface area (Å²) < 4.78 is 10.6. The number of aromatic carboxylic acids is 1. The number of ether oxygens (including phenoxy) is 2. The molecule has 2 aromatic rings. The first kappa shape index (κ1) is 16.5. The van der Waals surface area contributed by atoms with Crippen LogP contribution >= 0.6 is 0 Å². The Morgan fingerprint density at radius 1 is 1.09 bits per heavy atom. The van der Waals surface area contributed by atoms with Gasteiger partial charge < -0.3 is 14.6 Å². The Bertz CT molecular complexity index is 721. The highest BCUT2D eigenvalue weighted by molar-refractivity contribution is 5.95. The smallest absolute Gasteiger partial charge is 0.338 e. The van der Waals surface area contributed by atoms with Gasteiger partial charge in [0.1, 0.15) is 12.4 Å². The molecule has 0 saturated heterocycles. The topological polar surface area (TPSA) is 72.8 Å². The second kappa shape index (κ2) is 7.45. The Labute approximate surface area is 134 Å². The molecular weight excluding hydrogens is 296 g/mol. The monoisotopic (exact) mass is 314 g/mol. The van der Waals surface area contributed by atoms with Crippen molar-refractivity contribution < 1.29 is 24.2 Å². The summed E-state index contributed by atoms with van der Waals surface area (Å²) in [5.74, 6) is -1.38. The van der Waals surface area contributed by atoms with Gasteiger partial charge in [-0.05, 0) is 43.2 Å². The lowest BCUT2D eigenvalue weighted by atomic mass is 10.1. The number of benzene rings is 2. The maximum atomic E-state index is 11.8. The van der Waals surface area contributed by atoms with Crippen LogP contribution < -0.4 is 4.74 Å². The number of esters is 1. The van der Waals surface area contributed by atoms with Crippen molar-refractivity contribution in [2.24, 2.45) is 0 Å². The highest BCUT2D eigenvalue weighted by Crippen LogP contribution is 2.20. The average molecular weight is 314 g/mol. The Hall–Kier alpha value is -2.82. The van der Waals surface area contributed by atoms with Gasteiger partial charge in [-0.15, -0.1) is 0 Å². The molecule has 5 heteroatoms. The summed E-state index contributed by atoms with van der Waals surface area (Å²) in [6, 6.07) is 11.9. The summed E-state index contributed by atoms with van der Waals surface area (Å²) in [6.07, 6.45) is 0. The molecule has 0 aliphatic rings. The fraction of sp³-hybridized carbons (Fsp3) is 0.222. The van der Waals surface area contributed by atoms with Gasteiger partial charge in [0.2, 0.25) is 0 Å². The molecule has 1 N–H and O–H groups in total. The van der Waals surface area contributed by atoms with Crippen molar-refractivity contribution in [3.05, 3.63) is 64.7 Å². The molecule has 0 amide bonds. The van der Waals surface area contributed by atoms with Crippen LogP contribution in [-0.2, 0) is 11.3 Å². The van der Waals surface area contributed by atoms with Gasteiger partial charge in [-0.3, -0.25) is 0 Å². The number of carbonyl (C=O) groups is 2. The third-order valence-corrected chi connectivity index (χ3v) is 3.32. The predicted octanol–water partition coefficient (Wildman–Crippen LogP) is 3.45. The van der Waals surface area contributed by atoms with Gasteiger partial charge in [-0.2, -0.15) is 0 Å². The van der Waals surface area contributed by atoms with Crippen molar-refractivity contribution in [2.75, 3.05) is 6.61 Å². The summed E-state index contributed by atoms with van der Waals surface area (Å²) in [6.45, 7) is 4.17. The van der Waals surface area contributed by atoms with E-state index in [2.05, 4.69) is 0 Å². The first-order chi connectivity index (χ1) is 11.0. The van der Waals surface area contributed by atoms with Crippen LogP contribution in [0.15, 0.2) is 42.5 Å². The Kier molecular flexibility index (Phi) is 5.36. The number of aryl methyl sites for hydroxylation is 1. The maximum Gasteiger partial charge on any atom is 0.338 e. The van der Waals surface area contributed by atoms with E-state index in [0.29, 0.717) is 5.75 Å². The van der Waals surface area contributed by atoms with Crippen molar-refractivity contribution in [3.8, 4) is 5.75 Å². The van der Waals surface area contributed by atoms with E-state index >= 15 is 0 Å². The molecule has 0 unspecified atom stereocenters. The molecule has 0 fully saturated rings. The van der Waals surface area contributed by atoms with Gasteiger partial charge in [0.15, 0.2) is 0 Å². The number of hydrogen-bond acceptors (Lipinski definition) is 4. The quantitative estimate of drug-likeness (QED) is 0.827. The van der Waals surface area contributed by atoms with Gasteiger partial charge in [0.05, 0.1) is 17.7 Å².